The Morgan fingerprint density at radius 1 is 1.04 bits per heavy atom. The van der Waals surface area contributed by atoms with Gasteiger partial charge in [-0.05, 0) is 42.1 Å². The molecule has 0 spiro atoms. The summed E-state index contributed by atoms with van der Waals surface area (Å²) in [7, 11) is -3.72. The Bertz CT molecular complexity index is 1100. The first-order valence-electron chi connectivity index (χ1n) is 7.88. The van der Waals surface area contributed by atoms with Gasteiger partial charge in [0.1, 0.15) is 6.54 Å². The highest BCUT2D eigenvalue weighted by Crippen LogP contribution is 2.41. The summed E-state index contributed by atoms with van der Waals surface area (Å²) >= 11 is 0. The number of nitrogens with zero attached hydrogens (tertiary/aromatic N) is 1. The molecule has 0 saturated carbocycles. The maximum Gasteiger partial charge on any atom is 0.265 e. The van der Waals surface area contributed by atoms with Crippen molar-refractivity contribution in [3.8, 4) is 0 Å². The van der Waals surface area contributed by atoms with Gasteiger partial charge in [-0.25, -0.2) is 8.42 Å². The summed E-state index contributed by atoms with van der Waals surface area (Å²) in [6, 6.07) is 18.0. The average molecular weight is 352 g/mol. The Labute approximate surface area is 145 Å². The van der Waals surface area contributed by atoms with E-state index in [-0.39, 0.29) is 17.3 Å². The summed E-state index contributed by atoms with van der Waals surface area (Å²) < 4.78 is 26.9. The van der Waals surface area contributed by atoms with Gasteiger partial charge in [0.25, 0.3) is 10.0 Å². The molecule has 0 bridgehead atoms. The van der Waals surface area contributed by atoms with Crippen molar-refractivity contribution in [2.45, 2.75) is 11.8 Å². The normalized spacial score (nSPS) is 14.7. The number of benzene rings is 3. The molecule has 1 aliphatic rings. The fourth-order valence-electron chi connectivity index (χ4n) is 3.18. The fraction of sp³-hybridized carbons (Fsp3) is 0.105. The van der Waals surface area contributed by atoms with E-state index in [0.717, 1.165) is 10.9 Å². The first-order chi connectivity index (χ1) is 12.0. The maximum atomic E-state index is 12.9. The lowest BCUT2D eigenvalue weighted by atomic mass is 10.1. The van der Waals surface area contributed by atoms with Crippen LogP contribution in [0, 0.1) is 6.92 Å². The number of aryl methyl sites for hydroxylation is 1. The monoisotopic (exact) mass is 352 g/mol. The minimum Gasteiger partial charge on any atom is -0.325 e. The maximum absolute atomic E-state index is 12.9. The third-order valence-corrected chi connectivity index (χ3v) is 6.07. The van der Waals surface area contributed by atoms with Crippen LogP contribution in [0.15, 0.2) is 65.6 Å². The zero-order valence-corrected chi connectivity index (χ0v) is 14.4. The van der Waals surface area contributed by atoms with E-state index in [1.165, 1.54) is 4.31 Å². The van der Waals surface area contributed by atoms with E-state index in [1.807, 2.05) is 37.3 Å². The summed E-state index contributed by atoms with van der Waals surface area (Å²) in [6.45, 7) is 1.67. The first kappa shape index (κ1) is 15.7. The zero-order valence-electron chi connectivity index (χ0n) is 13.6. The van der Waals surface area contributed by atoms with Gasteiger partial charge in [0.05, 0.1) is 10.6 Å². The number of hydrogen-bond acceptors (Lipinski definition) is 3. The van der Waals surface area contributed by atoms with E-state index in [0.29, 0.717) is 16.8 Å². The number of nitrogens with one attached hydrogen (secondary N) is 1. The molecule has 6 heteroatoms. The Morgan fingerprint density at radius 3 is 2.52 bits per heavy atom. The van der Waals surface area contributed by atoms with E-state index in [9.17, 15) is 13.2 Å². The van der Waals surface area contributed by atoms with Crippen LogP contribution < -0.4 is 9.62 Å². The van der Waals surface area contributed by atoms with Crippen LogP contribution in [0.5, 0.6) is 0 Å². The van der Waals surface area contributed by atoms with Crippen molar-refractivity contribution >= 4 is 38.1 Å². The van der Waals surface area contributed by atoms with Crippen LogP contribution >= 0.6 is 0 Å². The van der Waals surface area contributed by atoms with Crippen molar-refractivity contribution in [1.29, 1.82) is 0 Å². The summed E-state index contributed by atoms with van der Waals surface area (Å²) in [5.41, 5.74) is 2.22. The molecule has 126 valence electrons. The second-order valence-corrected chi connectivity index (χ2v) is 7.89. The van der Waals surface area contributed by atoms with Crippen LogP contribution in [0.25, 0.3) is 10.8 Å². The van der Waals surface area contributed by atoms with Crippen LogP contribution in [-0.4, -0.2) is 20.9 Å². The molecular weight excluding hydrogens is 336 g/mol. The van der Waals surface area contributed by atoms with Crippen LogP contribution in [0.1, 0.15) is 5.56 Å². The summed E-state index contributed by atoms with van der Waals surface area (Å²) in [5.74, 6) is -0.376. The lowest BCUT2D eigenvalue weighted by Gasteiger charge is -2.18. The third kappa shape index (κ3) is 2.55. The van der Waals surface area contributed by atoms with Crippen molar-refractivity contribution in [3.63, 3.8) is 0 Å². The summed E-state index contributed by atoms with van der Waals surface area (Å²) in [6.07, 6.45) is 0. The first-order valence-corrected chi connectivity index (χ1v) is 9.32. The highest BCUT2D eigenvalue weighted by atomic mass is 32.2. The molecule has 1 aliphatic heterocycles. The summed E-state index contributed by atoms with van der Waals surface area (Å²) in [5, 5.41) is 4.28. The van der Waals surface area contributed by atoms with E-state index in [4.69, 9.17) is 0 Å². The number of amides is 1. The molecule has 3 aromatic carbocycles. The predicted octanol–water partition coefficient (Wildman–Crippen LogP) is 3.30. The van der Waals surface area contributed by atoms with E-state index in [2.05, 4.69) is 5.32 Å². The molecule has 0 radical (unpaired) electrons. The average Bonchev–Trinajstić information content (AvgIpc) is 2.78. The summed E-state index contributed by atoms with van der Waals surface area (Å²) in [4.78, 5) is 12.7. The molecule has 0 aliphatic carbocycles. The lowest BCUT2D eigenvalue weighted by molar-refractivity contribution is -0.114. The van der Waals surface area contributed by atoms with Gasteiger partial charge in [0.15, 0.2) is 0 Å². The van der Waals surface area contributed by atoms with Gasteiger partial charge < -0.3 is 5.32 Å². The van der Waals surface area contributed by atoms with Gasteiger partial charge in [0.2, 0.25) is 5.91 Å². The van der Waals surface area contributed by atoms with E-state index in [1.54, 1.807) is 30.3 Å². The minimum atomic E-state index is -3.72. The molecule has 1 heterocycles. The number of sulfonamides is 1. The van der Waals surface area contributed by atoms with Crippen molar-refractivity contribution < 1.29 is 13.2 Å². The van der Waals surface area contributed by atoms with Crippen LogP contribution in [0.4, 0.5) is 11.4 Å². The van der Waals surface area contributed by atoms with Gasteiger partial charge in [-0.2, -0.15) is 0 Å². The molecule has 0 fully saturated rings. The van der Waals surface area contributed by atoms with E-state index < -0.39 is 10.0 Å². The largest absolute Gasteiger partial charge is 0.325 e. The Morgan fingerprint density at radius 2 is 1.76 bits per heavy atom. The molecule has 25 heavy (non-hydrogen) atoms. The van der Waals surface area contributed by atoms with Crippen LogP contribution in [0.3, 0.4) is 0 Å². The van der Waals surface area contributed by atoms with Crippen molar-refractivity contribution in [2.75, 3.05) is 16.2 Å². The fourth-order valence-corrected chi connectivity index (χ4v) is 4.85. The van der Waals surface area contributed by atoms with Crippen molar-refractivity contribution in [1.82, 2.24) is 0 Å². The van der Waals surface area contributed by atoms with Gasteiger partial charge in [-0.15, -0.1) is 0 Å². The number of carbonyl (C=O) groups is 1. The molecule has 1 N–H and O–H groups in total. The van der Waals surface area contributed by atoms with Crippen LogP contribution in [0.2, 0.25) is 0 Å². The van der Waals surface area contributed by atoms with Crippen LogP contribution in [-0.2, 0) is 14.8 Å². The minimum absolute atomic E-state index is 0.254. The second kappa shape index (κ2) is 5.60. The third-order valence-electron chi connectivity index (χ3n) is 4.27. The standard InChI is InChI=1S/C19H16N2O3S/c1-13-5-2-8-15(11-13)20-18(22)12-21-16-9-3-6-14-7-4-10-17(19(14)16)25(21,23)24/h2-11H,12H2,1H3,(H,20,22). The quantitative estimate of drug-likeness (QED) is 0.786. The lowest BCUT2D eigenvalue weighted by Crippen LogP contribution is -2.35. The highest BCUT2D eigenvalue weighted by Gasteiger charge is 2.36. The molecule has 1 amide bonds. The van der Waals surface area contributed by atoms with Gasteiger partial charge in [0, 0.05) is 11.1 Å². The zero-order chi connectivity index (χ0) is 17.6. The second-order valence-electron chi connectivity index (χ2n) is 6.06. The molecular formula is C19H16N2O3S. The predicted molar refractivity (Wildman–Crippen MR) is 98.3 cm³/mol. The number of carbonyl (C=O) groups excluding carboxylic acids is 1. The van der Waals surface area contributed by atoms with Gasteiger partial charge in [-0.1, -0.05) is 36.4 Å². The number of rotatable bonds is 3. The molecule has 0 aromatic heterocycles. The van der Waals surface area contributed by atoms with E-state index >= 15 is 0 Å². The molecule has 3 aromatic rings. The molecule has 5 nitrogen and oxygen atoms in total. The van der Waals surface area contributed by atoms with Gasteiger partial charge in [-0.3, -0.25) is 9.10 Å². The highest BCUT2D eigenvalue weighted by molar-refractivity contribution is 7.93. The molecule has 0 unspecified atom stereocenters. The Kier molecular flexibility index (Phi) is 3.51. The topological polar surface area (TPSA) is 66.5 Å². The van der Waals surface area contributed by atoms with Crippen molar-refractivity contribution in [3.05, 3.63) is 66.2 Å². The molecule has 4 rings (SSSR count). The van der Waals surface area contributed by atoms with Crippen molar-refractivity contribution in [2.24, 2.45) is 0 Å². The van der Waals surface area contributed by atoms with Gasteiger partial charge >= 0.3 is 0 Å². The Balaban J connectivity index is 1.68. The Hall–Kier alpha value is -2.86. The SMILES string of the molecule is Cc1cccc(NC(=O)CN2c3cccc4cccc(c34)S2(=O)=O)c1. The molecule has 0 atom stereocenters. The number of anilines is 2. The number of hydrogen-bond donors (Lipinski definition) is 1. The molecule has 0 saturated heterocycles. The smallest absolute Gasteiger partial charge is 0.265 e.